The molecule has 0 spiro atoms. The van der Waals surface area contributed by atoms with Gasteiger partial charge in [-0.25, -0.2) is 0 Å². The Bertz CT molecular complexity index is 580. The van der Waals surface area contributed by atoms with Gasteiger partial charge in [0, 0.05) is 6.54 Å². The van der Waals surface area contributed by atoms with Crippen LogP contribution in [-0.4, -0.2) is 17.0 Å². The van der Waals surface area contributed by atoms with E-state index in [2.05, 4.69) is 10.5 Å². The number of nitrogens with zero attached hydrogens (tertiary/aromatic N) is 1. The fourth-order valence-corrected chi connectivity index (χ4v) is 2.03. The van der Waals surface area contributed by atoms with Crippen molar-refractivity contribution in [3.63, 3.8) is 0 Å². The van der Waals surface area contributed by atoms with E-state index in [9.17, 15) is 18.0 Å². The molecular weight excluding hydrogens is 287 g/mol. The van der Waals surface area contributed by atoms with Crippen LogP contribution in [0.15, 0.2) is 29.4 Å². The second-order valence-corrected chi connectivity index (χ2v) is 4.95. The first-order chi connectivity index (χ1) is 9.79. The summed E-state index contributed by atoms with van der Waals surface area (Å²) in [6.07, 6.45) is -3.51. The molecule has 0 aliphatic heterocycles. The van der Waals surface area contributed by atoms with Gasteiger partial charge in [0.2, 0.25) is 5.91 Å². The molecule has 5 nitrogen and oxygen atoms in total. The van der Waals surface area contributed by atoms with E-state index in [0.29, 0.717) is 18.4 Å². The summed E-state index contributed by atoms with van der Waals surface area (Å²) < 4.78 is 37.7. The number of alkyl halides is 3. The van der Waals surface area contributed by atoms with E-state index < -0.39 is 23.1 Å². The number of amidine groups is 1. The van der Waals surface area contributed by atoms with Crippen molar-refractivity contribution in [3.05, 3.63) is 35.4 Å². The lowest BCUT2D eigenvalue weighted by Gasteiger charge is -2.14. The predicted octanol–water partition coefficient (Wildman–Crippen LogP) is 1.85. The predicted molar refractivity (Wildman–Crippen MR) is 68.4 cm³/mol. The van der Waals surface area contributed by atoms with Gasteiger partial charge in [-0.3, -0.25) is 4.79 Å². The topological polar surface area (TPSA) is 87.7 Å². The molecule has 1 aliphatic rings. The molecule has 0 radical (unpaired) electrons. The summed E-state index contributed by atoms with van der Waals surface area (Å²) in [5.74, 6) is -0.626. The second-order valence-electron chi connectivity index (χ2n) is 4.95. The number of halogens is 3. The summed E-state index contributed by atoms with van der Waals surface area (Å²) >= 11 is 0. The SMILES string of the molecule is N/C(=N/O)C1(C(=O)NCc2cccc(C(F)(F)F)c2)CC1. The molecule has 0 unspecified atom stereocenters. The van der Waals surface area contributed by atoms with E-state index in [-0.39, 0.29) is 12.4 Å². The molecule has 0 bridgehead atoms. The van der Waals surface area contributed by atoms with E-state index in [0.717, 1.165) is 12.1 Å². The van der Waals surface area contributed by atoms with Crippen LogP contribution in [-0.2, 0) is 17.5 Å². The Morgan fingerprint density at radius 3 is 2.62 bits per heavy atom. The smallest absolute Gasteiger partial charge is 0.409 e. The van der Waals surface area contributed by atoms with Gasteiger partial charge in [0.25, 0.3) is 0 Å². The molecule has 0 heterocycles. The lowest BCUT2D eigenvalue weighted by Crippen LogP contribution is -2.40. The maximum atomic E-state index is 12.6. The van der Waals surface area contributed by atoms with Gasteiger partial charge in [0.15, 0.2) is 5.84 Å². The molecule has 21 heavy (non-hydrogen) atoms. The van der Waals surface area contributed by atoms with Gasteiger partial charge in [-0.15, -0.1) is 0 Å². The lowest BCUT2D eigenvalue weighted by atomic mass is 10.0. The molecule has 1 fully saturated rings. The highest BCUT2D eigenvalue weighted by Crippen LogP contribution is 2.46. The first kappa shape index (κ1) is 15.1. The highest BCUT2D eigenvalue weighted by atomic mass is 19.4. The van der Waals surface area contributed by atoms with Crippen LogP contribution in [0.4, 0.5) is 13.2 Å². The molecule has 1 aromatic carbocycles. The van der Waals surface area contributed by atoms with Crippen LogP contribution < -0.4 is 11.1 Å². The van der Waals surface area contributed by atoms with Crippen molar-refractivity contribution < 1.29 is 23.2 Å². The Labute approximate surface area is 118 Å². The van der Waals surface area contributed by atoms with Crippen LogP contribution in [0.5, 0.6) is 0 Å². The van der Waals surface area contributed by atoms with Crippen LogP contribution in [0.3, 0.4) is 0 Å². The van der Waals surface area contributed by atoms with Crippen LogP contribution in [0, 0.1) is 5.41 Å². The zero-order valence-electron chi connectivity index (χ0n) is 10.9. The van der Waals surface area contributed by atoms with Crippen LogP contribution in [0.1, 0.15) is 24.0 Å². The molecule has 0 saturated heterocycles. The minimum Gasteiger partial charge on any atom is -0.409 e. The zero-order chi connectivity index (χ0) is 15.7. The molecule has 1 saturated carbocycles. The Balaban J connectivity index is 2.03. The van der Waals surface area contributed by atoms with Crippen molar-refractivity contribution in [3.8, 4) is 0 Å². The van der Waals surface area contributed by atoms with Gasteiger partial charge in [-0.2, -0.15) is 13.2 Å². The molecular formula is C13H14F3N3O2. The third-order valence-electron chi connectivity index (χ3n) is 3.49. The third kappa shape index (κ3) is 3.09. The molecule has 4 N–H and O–H groups in total. The van der Waals surface area contributed by atoms with Crippen LogP contribution in [0.2, 0.25) is 0 Å². The average molecular weight is 301 g/mol. The van der Waals surface area contributed by atoms with E-state index in [1.54, 1.807) is 0 Å². The molecule has 0 aromatic heterocycles. The minimum atomic E-state index is -4.42. The largest absolute Gasteiger partial charge is 0.416 e. The Hall–Kier alpha value is -2.25. The number of carbonyl (C=O) groups excluding carboxylic acids is 1. The summed E-state index contributed by atoms with van der Waals surface area (Å²) in [6.45, 7) is -0.0524. The molecule has 114 valence electrons. The molecule has 8 heteroatoms. The quantitative estimate of drug-likeness (QED) is 0.343. The van der Waals surface area contributed by atoms with Gasteiger partial charge in [0.05, 0.1) is 5.56 Å². The number of benzene rings is 1. The first-order valence-electron chi connectivity index (χ1n) is 6.22. The van der Waals surface area contributed by atoms with Crippen molar-refractivity contribution in [2.45, 2.75) is 25.6 Å². The van der Waals surface area contributed by atoms with Gasteiger partial charge >= 0.3 is 6.18 Å². The van der Waals surface area contributed by atoms with Crippen LogP contribution >= 0.6 is 0 Å². The standard InChI is InChI=1S/C13H14F3N3O2/c14-13(15,16)9-3-1-2-8(6-9)7-18-11(20)12(4-5-12)10(17)19-21/h1-3,6,21H,4-5,7H2,(H2,17,19)(H,18,20). The minimum absolute atomic E-state index is 0.0524. The van der Waals surface area contributed by atoms with E-state index in [1.165, 1.54) is 12.1 Å². The Morgan fingerprint density at radius 2 is 2.10 bits per heavy atom. The highest BCUT2D eigenvalue weighted by molar-refractivity contribution is 6.09. The normalized spacial score (nSPS) is 17.4. The van der Waals surface area contributed by atoms with E-state index in [4.69, 9.17) is 10.9 Å². The third-order valence-corrected chi connectivity index (χ3v) is 3.49. The van der Waals surface area contributed by atoms with E-state index in [1.807, 2.05) is 0 Å². The van der Waals surface area contributed by atoms with Crippen molar-refractivity contribution in [1.29, 1.82) is 0 Å². The first-order valence-corrected chi connectivity index (χ1v) is 6.22. The fraction of sp³-hybridized carbons (Fsp3) is 0.385. The summed E-state index contributed by atoms with van der Waals surface area (Å²) in [5.41, 5.74) is 3.99. The van der Waals surface area contributed by atoms with Gasteiger partial charge in [-0.05, 0) is 30.5 Å². The van der Waals surface area contributed by atoms with Crippen molar-refractivity contribution >= 4 is 11.7 Å². The number of hydrogen-bond donors (Lipinski definition) is 3. The summed E-state index contributed by atoms with van der Waals surface area (Å²) in [4.78, 5) is 12.0. The second kappa shape index (κ2) is 5.27. The number of nitrogens with two attached hydrogens (primary N) is 1. The number of hydrogen-bond acceptors (Lipinski definition) is 3. The van der Waals surface area contributed by atoms with E-state index >= 15 is 0 Å². The monoisotopic (exact) mass is 301 g/mol. The van der Waals surface area contributed by atoms with Gasteiger partial charge in [-0.1, -0.05) is 17.3 Å². The average Bonchev–Trinajstić information content (AvgIpc) is 3.25. The fourth-order valence-electron chi connectivity index (χ4n) is 2.03. The van der Waals surface area contributed by atoms with Crippen molar-refractivity contribution in [1.82, 2.24) is 5.32 Å². The maximum absolute atomic E-state index is 12.6. The summed E-state index contributed by atoms with van der Waals surface area (Å²) in [7, 11) is 0. The van der Waals surface area contributed by atoms with Crippen LogP contribution in [0.25, 0.3) is 0 Å². The molecule has 2 rings (SSSR count). The number of carbonyl (C=O) groups is 1. The summed E-state index contributed by atoms with van der Waals surface area (Å²) in [5, 5.41) is 14.0. The molecule has 1 aromatic rings. The zero-order valence-corrected chi connectivity index (χ0v) is 10.9. The number of nitrogens with one attached hydrogen (secondary N) is 1. The van der Waals surface area contributed by atoms with Gasteiger partial charge < -0.3 is 16.3 Å². The Morgan fingerprint density at radius 1 is 1.43 bits per heavy atom. The highest BCUT2D eigenvalue weighted by Gasteiger charge is 2.54. The summed E-state index contributed by atoms with van der Waals surface area (Å²) in [6, 6.07) is 4.70. The maximum Gasteiger partial charge on any atom is 0.416 e. The van der Waals surface area contributed by atoms with Crippen molar-refractivity contribution in [2.24, 2.45) is 16.3 Å². The number of rotatable bonds is 4. The molecule has 1 amide bonds. The molecule has 0 atom stereocenters. The van der Waals surface area contributed by atoms with Gasteiger partial charge in [0.1, 0.15) is 5.41 Å². The number of amides is 1. The lowest BCUT2D eigenvalue weighted by molar-refractivity contribution is -0.137. The molecule has 1 aliphatic carbocycles. The number of oxime groups is 1. The Kier molecular flexibility index (Phi) is 3.80. The van der Waals surface area contributed by atoms with Crippen molar-refractivity contribution in [2.75, 3.05) is 0 Å².